The van der Waals surface area contributed by atoms with Crippen LogP contribution in [0.5, 0.6) is 0 Å². The molecule has 6 heteroatoms. The zero-order valence-electron chi connectivity index (χ0n) is 10.2. The van der Waals surface area contributed by atoms with Gasteiger partial charge < -0.3 is 5.11 Å². The van der Waals surface area contributed by atoms with E-state index in [2.05, 4.69) is 5.10 Å². The van der Waals surface area contributed by atoms with Gasteiger partial charge in [0, 0.05) is 24.7 Å². The van der Waals surface area contributed by atoms with E-state index in [1.165, 1.54) is 10.9 Å². The van der Waals surface area contributed by atoms with Crippen molar-refractivity contribution in [3.8, 4) is 0 Å². The molecule has 3 atom stereocenters. The maximum Gasteiger partial charge on any atom is 0.392 e. The van der Waals surface area contributed by atoms with Crippen LogP contribution in [0.25, 0.3) is 0 Å². The number of nitrogens with zero attached hydrogens (tertiary/aromatic N) is 2. The van der Waals surface area contributed by atoms with Crippen LogP contribution >= 0.6 is 0 Å². The van der Waals surface area contributed by atoms with Gasteiger partial charge in [-0.2, -0.15) is 18.3 Å². The molecule has 1 heterocycles. The number of aryl methyl sites for hydroxylation is 1. The first-order chi connectivity index (χ1) is 8.39. The number of hydrogen-bond donors (Lipinski definition) is 1. The molecular formula is C12H17F3N2O. The second-order valence-corrected chi connectivity index (χ2v) is 4.99. The summed E-state index contributed by atoms with van der Waals surface area (Å²) in [6, 6.07) is 0. The number of aliphatic hydroxyl groups is 1. The normalized spacial score (nSPS) is 27.2. The van der Waals surface area contributed by atoms with Crippen molar-refractivity contribution >= 4 is 0 Å². The highest BCUT2D eigenvalue weighted by atomic mass is 19.4. The summed E-state index contributed by atoms with van der Waals surface area (Å²) in [6.07, 6.45) is -0.431. The highest BCUT2D eigenvalue weighted by Gasteiger charge is 2.48. The van der Waals surface area contributed by atoms with Crippen LogP contribution in [0.3, 0.4) is 0 Å². The van der Waals surface area contributed by atoms with Gasteiger partial charge >= 0.3 is 6.18 Å². The van der Waals surface area contributed by atoms with Gasteiger partial charge in [0.15, 0.2) is 0 Å². The van der Waals surface area contributed by atoms with Crippen LogP contribution in [0.15, 0.2) is 12.4 Å². The Labute approximate surface area is 104 Å². The van der Waals surface area contributed by atoms with E-state index >= 15 is 0 Å². The third kappa shape index (κ3) is 2.68. The Balaban J connectivity index is 2.18. The van der Waals surface area contributed by atoms with Gasteiger partial charge in [0.05, 0.1) is 18.2 Å². The molecule has 0 bridgehead atoms. The molecule has 102 valence electrons. The molecule has 1 fully saturated rings. The van der Waals surface area contributed by atoms with Crippen molar-refractivity contribution in [2.24, 2.45) is 18.9 Å². The molecular weight excluding hydrogens is 245 g/mol. The molecule has 1 aromatic heterocycles. The minimum Gasteiger partial charge on any atom is -0.388 e. The molecule has 1 aliphatic rings. The minimum absolute atomic E-state index is 0.117. The third-order valence-electron chi connectivity index (χ3n) is 3.71. The van der Waals surface area contributed by atoms with Crippen molar-refractivity contribution in [3.05, 3.63) is 18.0 Å². The van der Waals surface area contributed by atoms with Crippen LogP contribution in [0.2, 0.25) is 0 Å². The van der Waals surface area contributed by atoms with Gasteiger partial charge in [-0.25, -0.2) is 0 Å². The number of aromatic nitrogens is 2. The molecule has 1 N–H and O–H groups in total. The Hall–Kier alpha value is -1.04. The molecule has 1 saturated carbocycles. The predicted octanol–water partition coefficient (Wildman–Crippen LogP) is 2.82. The number of alkyl halides is 3. The van der Waals surface area contributed by atoms with E-state index in [0.717, 1.165) is 6.42 Å². The van der Waals surface area contributed by atoms with Crippen molar-refractivity contribution in [1.29, 1.82) is 0 Å². The van der Waals surface area contributed by atoms with Gasteiger partial charge in [0.25, 0.3) is 0 Å². The zero-order valence-corrected chi connectivity index (χ0v) is 10.2. The molecule has 3 unspecified atom stereocenters. The lowest BCUT2D eigenvalue weighted by Crippen LogP contribution is -2.36. The maximum atomic E-state index is 12.9. The van der Waals surface area contributed by atoms with E-state index in [0.29, 0.717) is 18.4 Å². The Morgan fingerprint density at radius 3 is 2.61 bits per heavy atom. The summed E-state index contributed by atoms with van der Waals surface area (Å²) in [5.41, 5.74) is 0.471. The third-order valence-corrected chi connectivity index (χ3v) is 3.71. The van der Waals surface area contributed by atoms with E-state index in [9.17, 15) is 18.3 Å². The van der Waals surface area contributed by atoms with Crippen molar-refractivity contribution in [1.82, 2.24) is 9.78 Å². The summed E-state index contributed by atoms with van der Waals surface area (Å²) in [4.78, 5) is 0. The topological polar surface area (TPSA) is 38.0 Å². The highest BCUT2D eigenvalue weighted by Crippen LogP contribution is 2.46. The maximum absolute atomic E-state index is 12.9. The molecule has 0 saturated heterocycles. The Morgan fingerprint density at radius 1 is 1.39 bits per heavy atom. The summed E-state index contributed by atoms with van der Waals surface area (Å²) >= 11 is 0. The van der Waals surface area contributed by atoms with Gasteiger partial charge in [-0.15, -0.1) is 0 Å². The quantitative estimate of drug-likeness (QED) is 0.890. The van der Waals surface area contributed by atoms with Gasteiger partial charge in [0.2, 0.25) is 0 Å². The molecule has 0 amide bonds. The van der Waals surface area contributed by atoms with Gasteiger partial charge in [0.1, 0.15) is 0 Å². The SMILES string of the molecule is Cn1cc(C(O)C2CCCCC2C(F)(F)F)cn1. The smallest absolute Gasteiger partial charge is 0.388 e. The lowest BCUT2D eigenvalue weighted by Gasteiger charge is -2.35. The highest BCUT2D eigenvalue weighted by molar-refractivity contribution is 5.10. The summed E-state index contributed by atoms with van der Waals surface area (Å²) < 4.78 is 40.3. The summed E-state index contributed by atoms with van der Waals surface area (Å²) in [6.45, 7) is 0. The van der Waals surface area contributed by atoms with Gasteiger partial charge in [-0.05, 0) is 12.8 Å². The summed E-state index contributed by atoms with van der Waals surface area (Å²) in [5, 5.41) is 14.0. The van der Waals surface area contributed by atoms with Crippen molar-refractivity contribution < 1.29 is 18.3 Å². The number of aliphatic hydroxyl groups excluding tert-OH is 1. The molecule has 3 nitrogen and oxygen atoms in total. The first-order valence-electron chi connectivity index (χ1n) is 6.13. The molecule has 2 rings (SSSR count). The van der Waals surface area contributed by atoms with Crippen LogP contribution in [-0.2, 0) is 7.05 Å². The largest absolute Gasteiger partial charge is 0.392 e. The molecule has 0 radical (unpaired) electrons. The fourth-order valence-electron chi connectivity index (χ4n) is 2.78. The van der Waals surface area contributed by atoms with E-state index in [1.807, 2.05) is 0 Å². The van der Waals surface area contributed by atoms with Crippen LogP contribution in [0.4, 0.5) is 13.2 Å². The van der Waals surface area contributed by atoms with Gasteiger partial charge in [-0.3, -0.25) is 4.68 Å². The van der Waals surface area contributed by atoms with Gasteiger partial charge in [-0.1, -0.05) is 12.8 Å². The zero-order chi connectivity index (χ0) is 13.3. The minimum atomic E-state index is -4.23. The average Bonchev–Trinajstić information content (AvgIpc) is 2.74. The van der Waals surface area contributed by atoms with Crippen LogP contribution < -0.4 is 0 Å². The molecule has 0 spiro atoms. The van der Waals surface area contributed by atoms with E-state index in [1.54, 1.807) is 13.2 Å². The predicted molar refractivity (Wildman–Crippen MR) is 59.7 cm³/mol. The standard InChI is InChI=1S/C12H17F3N2O/c1-17-7-8(6-16-17)11(18)9-4-2-3-5-10(9)12(13,14)15/h6-7,9-11,18H,2-5H2,1H3. The van der Waals surface area contributed by atoms with Crippen molar-refractivity contribution in [3.63, 3.8) is 0 Å². The summed E-state index contributed by atoms with van der Waals surface area (Å²) in [7, 11) is 1.68. The Kier molecular flexibility index (Phi) is 3.66. The van der Waals surface area contributed by atoms with Crippen molar-refractivity contribution in [2.45, 2.75) is 38.0 Å². The Morgan fingerprint density at radius 2 is 2.06 bits per heavy atom. The second-order valence-electron chi connectivity index (χ2n) is 4.99. The molecule has 0 aliphatic heterocycles. The lowest BCUT2D eigenvalue weighted by molar-refractivity contribution is -0.207. The first-order valence-corrected chi connectivity index (χ1v) is 6.13. The van der Waals surface area contributed by atoms with Crippen molar-refractivity contribution in [2.75, 3.05) is 0 Å². The van der Waals surface area contributed by atoms with Crippen LogP contribution in [0.1, 0.15) is 37.4 Å². The van der Waals surface area contributed by atoms with E-state index in [4.69, 9.17) is 0 Å². The monoisotopic (exact) mass is 262 g/mol. The van der Waals surface area contributed by atoms with E-state index < -0.39 is 24.1 Å². The molecule has 1 aromatic rings. The number of halogens is 3. The molecule has 1 aliphatic carbocycles. The number of rotatable bonds is 2. The summed E-state index contributed by atoms with van der Waals surface area (Å²) in [5.74, 6) is -2.15. The molecule has 18 heavy (non-hydrogen) atoms. The fourth-order valence-corrected chi connectivity index (χ4v) is 2.78. The average molecular weight is 262 g/mol. The number of hydrogen-bond acceptors (Lipinski definition) is 2. The van der Waals surface area contributed by atoms with Crippen LogP contribution in [0, 0.1) is 11.8 Å². The van der Waals surface area contributed by atoms with Crippen LogP contribution in [-0.4, -0.2) is 21.1 Å². The lowest BCUT2D eigenvalue weighted by atomic mass is 9.74. The fraction of sp³-hybridized carbons (Fsp3) is 0.750. The second kappa shape index (κ2) is 4.91. The Bertz CT molecular complexity index is 402. The first kappa shape index (κ1) is 13.4. The van der Waals surface area contributed by atoms with E-state index in [-0.39, 0.29) is 6.42 Å². The molecule has 0 aromatic carbocycles.